The molecule has 0 atom stereocenters. The van der Waals surface area contributed by atoms with E-state index < -0.39 is 0 Å². The molecule has 0 aliphatic heterocycles. The summed E-state index contributed by atoms with van der Waals surface area (Å²) in [6.45, 7) is 8.58. The van der Waals surface area contributed by atoms with Crippen LogP contribution in [-0.4, -0.2) is 15.7 Å². The number of benzene rings is 2. The molecule has 4 nitrogen and oxygen atoms in total. The lowest BCUT2D eigenvalue weighted by molar-refractivity contribution is 0.102. The van der Waals surface area contributed by atoms with Gasteiger partial charge in [-0.1, -0.05) is 57.2 Å². The number of amides is 1. The molecule has 0 fully saturated rings. The molecule has 1 amide bonds. The average molecular weight is 347 g/mol. The first-order valence-corrected chi connectivity index (χ1v) is 8.77. The van der Waals surface area contributed by atoms with Crippen LogP contribution in [-0.2, 0) is 12.5 Å². The van der Waals surface area contributed by atoms with E-state index in [9.17, 15) is 4.79 Å². The summed E-state index contributed by atoms with van der Waals surface area (Å²) in [5.41, 5.74) is 5.64. The van der Waals surface area contributed by atoms with E-state index in [-0.39, 0.29) is 11.3 Å². The Hall–Kier alpha value is -2.88. The number of hydrogen-bond donors (Lipinski definition) is 1. The van der Waals surface area contributed by atoms with E-state index >= 15 is 0 Å². The summed E-state index contributed by atoms with van der Waals surface area (Å²) in [5, 5.41) is 7.29. The van der Waals surface area contributed by atoms with Crippen LogP contribution < -0.4 is 5.32 Å². The number of hydrogen-bond acceptors (Lipinski definition) is 2. The van der Waals surface area contributed by atoms with Gasteiger partial charge in [-0.15, -0.1) is 0 Å². The van der Waals surface area contributed by atoms with Crippen LogP contribution in [0.3, 0.4) is 0 Å². The molecule has 0 aliphatic rings. The maximum absolute atomic E-state index is 12.5. The molecular formula is C22H25N3O. The van der Waals surface area contributed by atoms with Gasteiger partial charge in [0.15, 0.2) is 5.69 Å². The second-order valence-electron chi connectivity index (χ2n) is 7.69. The largest absolute Gasteiger partial charge is 0.321 e. The summed E-state index contributed by atoms with van der Waals surface area (Å²) >= 11 is 0. The van der Waals surface area contributed by atoms with Gasteiger partial charge < -0.3 is 5.32 Å². The number of aromatic nitrogens is 2. The molecule has 0 bridgehead atoms. The lowest BCUT2D eigenvalue weighted by atomic mass is 9.86. The van der Waals surface area contributed by atoms with E-state index in [1.165, 1.54) is 5.56 Å². The molecule has 3 aromatic rings. The first-order valence-electron chi connectivity index (χ1n) is 8.77. The van der Waals surface area contributed by atoms with Gasteiger partial charge in [0.2, 0.25) is 0 Å². The van der Waals surface area contributed by atoms with Gasteiger partial charge in [-0.3, -0.25) is 9.48 Å². The van der Waals surface area contributed by atoms with E-state index in [1.807, 2.05) is 44.3 Å². The van der Waals surface area contributed by atoms with Crippen LogP contribution in [0.1, 0.15) is 42.4 Å². The van der Waals surface area contributed by atoms with Crippen molar-refractivity contribution in [3.05, 3.63) is 71.4 Å². The minimum absolute atomic E-state index is 0.115. The Labute approximate surface area is 154 Å². The van der Waals surface area contributed by atoms with E-state index in [0.717, 1.165) is 22.5 Å². The summed E-state index contributed by atoms with van der Waals surface area (Å²) in [6.07, 6.45) is 0. The molecular weight excluding hydrogens is 322 g/mol. The summed E-state index contributed by atoms with van der Waals surface area (Å²) in [4.78, 5) is 12.5. The molecule has 1 aromatic heterocycles. The highest BCUT2D eigenvalue weighted by molar-refractivity contribution is 6.03. The van der Waals surface area contributed by atoms with E-state index in [0.29, 0.717) is 5.69 Å². The van der Waals surface area contributed by atoms with Crippen molar-refractivity contribution >= 4 is 11.6 Å². The highest BCUT2D eigenvalue weighted by atomic mass is 16.1. The molecule has 0 saturated heterocycles. The van der Waals surface area contributed by atoms with Crippen LogP contribution in [0.25, 0.3) is 11.3 Å². The Morgan fingerprint density at radius 2 is 1.73 bits per heavy atom. The van der Waals surface area contributed by atoms with Crippen LogP contribution in [0.15, 0.2) is 54.6 Å². The molecule has 0 aliphatic carbocycles. The molecule has 2 aromatic carbocycles. The number of anilines is 1. The maximum atomic E-state index is 12.5. The predicted octanol–water partition coefficient (Wildman–Crippen LogP) is 4.95. The molecule has 4 heteroatoms. The minimum Gasteiger partial charge on any atom is -0.321 e. The van der Waals surface area contributed by atoms with Crippen molar-refractivity contribution in [2.45, 2.75) is 33.1 Å². The molecule has 0 unspecified atom stereocenters. The fraction of sp³-hybridized carbons (Fsp3) is 0.273. The zero-order valence-corrected chi connectivity index (χ0v) is 16.0. The van der Waals surface area contributed by atoms with Gasteiger partial charge in [0.1, 0.15) is 0 Å². The number of carbonyl (C=O) groups is 1. The van der Waals surface area contributed by atoms with E-state index in [1.54, 1.807) is 4.68 Å². The van der Waals surface area contributed by atoms with E-state index in [2.05, 4.69) is 55.5 Å². The highest BCUT2D eigenvalue weighted by Gasteiger charge is 2.16. The minimum atomic E-state index is -0.205. The third-order valence-electron chi connectivity index (χ3n) is 4.44. The summed E-state index contributed by atoms with van der Waals surface area (Å²) in [5.74, 6) is -0.205. The summed E-state index contributed by atoms with van der Waals surface area (Å²) in [7, 11) is 1.86. The maximum Gasteiger partial charge on any atom is 0.276 e. The Kier molecular flexibility index (Phi) is 4.68. The third-order valence-corrected chi connectivity index (χ3v) is 4.44. The molecule has 134 valence electrons. The van der Waals surface area contributed by atoms with Gasteiger partial charge >= 0.3 is 0 Å². The van der Waals surface area contributed by atoms with Gasteiger partial charge in [0, 0.05) is 12.7 Å². The Morgan fingerprint density at radius 3 is 2.35 bits per heavy atom. The molecule has 0 saturated carbocycles. The van der Waals surface area contributed by atoms with Gasteiger partial charge in [-0.2, -0.15) is 5.10 Å². The Morgan fingerprint density at radius 1 is 1.04 bits per heavy atom. The molecule has 3 rings (SSSR count). The molecule has 1 heterocycles. The molecule has 0 spiro atoms. The van der Waals surface area contributed by atoms with Crippen LogP contribution in [0, 0.1) is 6.92 Å². The first kappa shape index (κ1) is 17.9. The van der Waals surface area contributed by atoms with Crippen molar-refractivity contribution in [1.29, 1.82) is 0 Å². The van der Waals surface area contributed by atoms with Crippen molar-refractivity contribution in [2.24, 2.45) is 7.05 Å². The Balaban J connectivity index is 1.83. The van der Waals surface area contributed by atoms with E-state index in [4.69, 9.17) is 0 Å². The number of carbonyl (C=O) groups excluding carboxylic acids is 1. The Bertz CT molecular complexity index is 931. The van der Waals surface area contributed by atoms with Crippen molar-refractivity contribution in [2.75, 3.05) is 5.32 Å². The number of nitrogens with one attached hydrogen (secondary N) is 1. The van der Waals surface area contributed by atoms with Crippen LogP contribution in [0.4, 0.5) is 5.69 Å². The zero-order chi connectivity index (χ0) is 18.9. The third kappa shape index (κ3) is 3.85. The number of rotatable bonds is 3. The second-order valence-corrected chi connectivity index (χ2v) is 7.69. The van der Waals surface area contributed by atoms with Crippen molar-refractivity contribution in [3.63, 3.8) is 0 Å². The van der Waals surface area contributed by atoms with Crippen LogP contribution >= 0.6 is 0 Å². The first-order chi connectivity index (χ1) is 12.2. The standard InChI is InChI=1S/C22H25N3O/c1-15-7-6-8-18(13-15)23-21(26)19-14-20(25(5)24-19)16-9-11-17(12-10-16)22(2,3)4/h6-14H,1-5H3,(H,23,26). The van der Waals surface area contributed by atoms with Crippen molar-refractivity contribution in [3.8, 4) is 11.3 Å². The topological polar surface area (TPSA) is 46.9 Å². The molecule has 0 radical (unpaired) electrons. The average Bonchev–Trinajstić information content (AvgIpc) is 2.96. The molecule has 1 N–H and O–H groups in total. The fourth-order valence-corrected chi connectivity index (χ4v) is 2.91. The normalized spacial score (nSPS) is 11.4. The number of aryl methyl sites for hydroxylation is 2. The number of nitrogens with zero attached hydrogens (tertiary/aromatic N) is 2. The van der Waals surface area contributed by atoms with Crippen molar-refractivity contribution < 1.29 is 4.79 Å². The lowest BCUT2D eigenvalue weighted by Gasteiger charge is -2.19. The molecule has 26 heavy (non-hydrogen) atoms. The monoisotopic (exact) mass is 347 g/mol. The fourth-order valence-electron chi connectivity index (χ4n) is 2.91. The predicted molar refractivity (Wildman–Crippen MR) is 106 cm³/mol. The van der Waals surface area contributed by atoms with Crippen molar-refractivity contribution in [1.82, 2.24) is 9.78 Å². The highest BCUT2D eigenvalue weighted by Crippen LogP contribution is 2.26. The smallest absolute Gasteiger partial charge is 0.276 e. The zero-order valence-electron chi connectivity index (χ0n) is 16.0. The SMILES string of the molecule is Cc1cccc(NC(=O)c2cc(-c3ccc(C(C)(C)C)cc3)n(C)n2)c1. The quantitative estimate of drug-likeness (QED) is 0.729. The van der Waals surface area contributed by atoms with Gasteiger partial charge in [0.25, 0.3) is 5.91 Å². The summed E-state index contributed by atoms with van der Waals surface area (Å²) in [6, 6.07) is 18.0. The van der Waals surface area contributed by atoms with Gasteiger partial charge in [-0.25, -0.2) is 0 Å². The van der Waals surface area contributed by atoms with Gasteiger partial charge in [0.05, 0.1) is 5.69 Å². The lowest BCUT2D eigenvalue weighted by Crippen LogP contribution is -2.13. The summed E-state index contributed by atoms with van der Waals surface area (Å²) < 4.78 is 1.75. The van der Waals surface area contributed by atoms with Crippen LogP contribution in [0.5, 0.6) is 0 Å². The van der Waals surface area contributed by atoms with Crippen LogP contribution in [0.2, 0.25) is 0 Å². The second kappa shape index (κ2) is 6.79. The van der Waals surface area contributed by atoms with Gasteiger partial charge in [-0.05, 0) is 47.2 Å².